The van der Waals surface area contributed by atoms with E-state index in [0.717, 1.165) is 12.0 Å². The number of halogens is 1. The molecule has 0 bridgehead atoms. The predicted octanol–water partition coefficient (Wildman–Crippen LogP) is 3.72. The van der Waals surface area contributed by atoms with Crippen LogP contribution in [0.1, 0.15) is 29.3 Å². The van der Waals surface area contributed by atoms with E-state index in [1.165, 1.54) is 13.2 Å². The number of rotatable bonds is 9. The molecule has 0 aliphatic heterocycles. The van der Waals surface area contributed by atoms with Gasteiger partial charge in [0, 0.05) is 6.54 Å². The van der Waals surface area contributed by atoms with Crippen molar-refractivity contribution >= 4 is 27.8 Å². The van der Waals surface area contributed by atoms with Crippen molar-refractivity contribution in [1.82, 2.24) is 5.32 Å². The fourth-order valence-corrected chi connectivity index (χ4v) is 2.80. The molecule has 2 aromatic rings. The van der Waals surface area contributed by atoms with Crippen molar-refractivity contribution in [2.24, 2.45) is 0 Å². The first kappa shape index (κ1) is 20.8. The highest BCUT2D eigenvalue weighted by Crippen LogP contribution is 2.36. The van der Waals surface area contributed by atoms with Crippen molar-refractivity contribution in [2.75, 3.05) is 20.3 Å². The van der Waals surface area contributed by atoms with Crippen molar-refractivity contribution in [3.63, 3.8) is 0 Å². The first-order chi connectivity index (χ1) is 13.0. The van der Waals surface area contributed by atoms with E-state index in [2.05, 4.69) is 21.2 Å². The maximum atomic E-state index is 12.2. The highest BCUT2D eigenvalue weighted by atomic mass is 79.9. The summed E-state index contributed by atoms with van der Waals surface area (Å²) in [5.41, 5.74) is 1.23. The van der Waals surface area contributed by atoms with Crippen molar-refractivity contribution in [1.29, 1.82) is 0 Å². The first-order valence-corrected chi connectivity index (χ1v) is 9.32. The predicted molar refractivity (Wildman–Crippen MR) is 105 cm³/mol. The van der Waals surface area contributed by atoms with Gasteiger partial charge in [0.1, 0.15) is 0 Å². The molecule has 27 heavy (non-hydrogen) atoms. The van der Waals surface area contributed by atoms with Crippen LogP contribution in [-0.2, 0) is 16.1 Å². The second kappa shape index (κ2) is 10.6. The van der Waals surface area contributed by atoms with Gasteiger partial charge < -0.3 is 19.5 Å². The molecule has 7 heteroatoms. The molecule has 6 nitrogen and oxygen atoms in total. The number of ether oxygens (including phenoxy) is 3. The van der Waals surface area contributed by atoms with Gasteiger partial charge >= 0.3 is 5.97 Å². The van der Waals surface area contributed by atoms with E-state index in [1.54, 1.807) is 6.07 Å². The van der Waals surface area contributed by atoms with Crippen LogP contribution in [0.5, 0.6) is 11.5 Å². The Hall–Kier alpha value is -2.54. The molecule has 1 amide bonds. The number of esters is 1. The lowest BCUT2D eigenvalue weighted by atomic mass is 10.2. The summed E-state index contributed by atoms with van der Waals surface area (Å²) < 4.78 is 16.6. The molecule has 0 atom stereocenters. The average Bonchev–Trinajstić information content (AvgIpc) is 2.69. The van der Waals surface area contributed by atoms with Gasteiger partial charge in [0.05, 0.1) is 23.8 Å². The molecule has 0 aliphatic rings. The van der Waals surface area contributed by atoms with Crippen LogP contribution in [0.3, 0.4) is 0 Å². The highest BCUT2D eigenvalue weighted by molar-refractivity contribution is 9.10. The summed E-state index contributed by atoms with van der Waals surface area (Å²) in [6.07, 6.45) is 0.845. The summed E-state index contributed by atoms with van der Waals surface area (Å²) in [6, 6.07) is 12.6. The zero-order valence-corrected chi connectivity index (χ0v) is 16.9. The number of methoxy groups -OCH3 is 1. The summed E-state index contributed by atoms with van der Waals surface area (Å²) in [4.78, 5) is 24.1. The number of hydrogen-bond acceptors (Lipinski definition) is 5. The Kier molecular flexibility index (Phi) is 8.13. The monoisotopic (exact) mass is 435 g/mol. The van der Waals surface area contributed by atoms with Gasteiger partial charge in [0.25, 0.3) is 5.91 Å². The second-order valence-electron chi connectivity index (χ2n) is 5.68. The van der Waals surface area contributed by atoms with E-state index in [9.17, 15) is 9.59 Å². The molecular weight excluding hydrogens is 414 g/mol. The summed E-state index contributed by atoms with van der Waals surface area (Å²) in [7, 11) is 1.49. The van der Waals surface area contributed by atoms with Crippen molar-refractivity contribution in [2.45, 2.75) is 19.9 Å². The summed E-state index contributed by atoms with van der Waals surface area (Å²) >= 11 is 3.38. The Morgan fingerprint density at radius 1 is 1.15 bits per heavy atom. The van der Waals surface area contributed by atoms with Gasteiger partial charge in [0.2, 0.25) is 0 Å². The molecule has 0 spiro atoms. The number of nitrogens with one attached hydrogen (secondary N) is 1. The van der Waals surface area contributed by atoms with Gasteiger partial charge in [-0.05, 0) is 40.0 Å². The maximum Gasteiger partial charge on any atom is 0.338 e. The first-order valence-electron chi connectivity index (χ1n) is 8.53. The standard InChI is InChI=1S/C20H22BrNO5/c1-3-9-26-19-16(21)10-15(11-17(19)25-2)20(24)27-13-18(23)22-12-14-7-5-4-6-8-14/h4-8,10-11H,3,9,12-13H2,1-2H3,(H,22,23). The van der Waals surface area contributed by atoms with Crippen molar-refractivity contribution in [3.8, 4) is 11.5 Å². The second-order valence-corrected chi connectivity index (χ2v) is 6.53. The van der Waals surface area contributed by atoms with Gasteiger partial charge in [-0.15, -0.1) is 0 Å². The van der Waals surface area contributed by atoms with Crippen LogP contribution in [0, 0.1) is 0 Å². The van der Waals surface area contributed by atoms with E-state index < -0.39 is 5.97 Å². The SMILES string of the molecule is CCCOc1c(Br)cc(C(=O)OCC(=O)NCc2ccccc2)cc1OC. The Labute approximate surface area is 166 Å². The van der Waals surface area contributed by atoms with E-state index in [4.69, 9.17) is 14.2 Å². The van der Waals surface area contributed by atoms with Gasteiger partial charge in [0.15, 0.2) is 18.1 Å². The Morgan fingerprint density at radius 2 is 1.89 bits per heavy atom. The van der Waals surface area contributed by atoms with E-state index in [-0.39, 0.29) is 18.1 Å². The molecule has 0 heterocycles. The van der Waals surface area contributed by atoms with Crippen molar-refractivity contribution < 1.29 is 23.8 Å². The van der Waals surface area contributed by atoms with E-state index in [0.29, 0.717) is 29.1 Å². The van der Waals surface area contributed by atoms with Crippen molar-refractivity contribution in [3.05, 3.63) is 58.1 Å². The van der Waals surface area contributed by atoms with Crippen LogP contribution >= 0.6 is 15.9 Å². The fraction of sp³-hybridized carbons (Fsp3) is 0.300. The van der Waals surface area contributed by atoms with Crippen LogP contribution in [0.25, 0.3) is 0 Å². The van der Waals surface area contributed by atoms with Gasteiger partial charge in [-0.25, -0.2) is 4.79 Å². The maximum absolute atomic E-state index is 12.2. The molecule has 2 rings (SSSR count). The Morgan fingerprint density at radius 3 is 2.56 bits per heavy atom. The third kappa shape index (κ3) is 6.29. The van der Waals surface area contributed by atoms with Crippen LogP contribution in [-0.4, -0.2) is 32.2 Å². The zero-order valence-electron chi connectivity index (χ0n) is 15.3. The molecule has 144 valence electrons. The molecule has 0 saturated carbocycles. The molecule has 0 saturated heterocycles. The van der Waals surface area contributed by atoms with Crippen LogP contribution in [0.4, 0.5) is 0 Å². The Balaban J connectivity index is 1.93. The third-order valence-corrected chi connectivity index (χ3v) is 4.17. The Bertz CT molecular complexity index is 779. The van der Waals surface area contributed by atoms with Gasteiger partial charge in [-0.1, -0.05) is 37.3 Å². The molecule has 2 aromatic carbocycles. The molecule has 1 N–H and O–H groups in total. The topological polar surface area (TPSA) is 73.9 Å². The number of hydrogen-bond donors (Lipinski definition) is 1. The van der Waals surface area contributed by atoms with Gasteiger partial charge in [-0.2, -0.15) is 0 Å². The lowest BCUT2D eigenvalue weighted by Crippen LogP contribution is -2.28. The number of carbonyl (C=O) groups is 2. The lowest BCUT2D eigenvalue weighted by Gasteiger charge is -2.13. The summed E-state index contributed by atoms with van der Waals surface area (Å²) in [6.45, 7) is 2.54. The highest BCUT2D eigenvalue weighted by Gasteiger charge is 2.17. The minimum absolute atomic E-state index is 0.262. The average molecular weight is 436 g/mol. The number of carbonyl (C=O) groups excluding carboxylic acids is 2. The molecular formula is C20H22BrNO5. The van der Waals surface area contributed by atoms with Gasteiger partial charge in [-0.3, -0.25) is 4.79 Å². The molecule has 0 fully saturated rings. The van der Waals surface area contributed by atoms with E-state index >= 15 is 0 Å². The van der Waals surface area contributed by atoms with Crippen LogP contribution in [0.15, 0.2) is 46.9 Å². The third-order valence-electron chi connectivity index (χ3n) is 3.58. The molecule has 0 radical (unpaired) electrons. The van der Waals surface area contributed by atoms with Crippen LogP contribution < -0.4 is 14.8 Å². The molecule has 0 aromatic heterocycles. The summed E-state index contributed by atoms with van der Waals surface area (Å²) in [5, 5.41) is 2.70. The largest absolute Gasteiger partial charge is 0.493 e. The quantitative estimate of drug-likeness (QED) is 0.607. The van der Waals surface area contributed by atoms with E-state index in [1.807, 2.05) is 37.3 Å². The minimum Gasteiger partial charge on any atom is -0.493 e. The molecule has 0 aliphatic carbocycles. The zero-order chi connectivity index (χ0) is 19.6. The normalized spacial score (nSPS) is 10.2. The number of benzene rings is 2. The molecule has 0 unspecified atom stereocenters. The summed E-state index contributed by atoms with van der Waals surface area (Å²) in [5.74, 6) is -0.0538. The smallest absolute Gasteiger partial charge is 0.338 e. The fourth-order valence-electron chi connectivity index (χ4n) is 2.24. The van der Waals surface area contributed by atoms with Crippen LogP contribution in [0.2, 0.25) is 0 Å². The number of amides is 1. The minimum atomic E-state index is -0.620. The lowest BCUT2D eigenvalue weighted by molar-refractivity contribution is -0.124.